The van der Waals surface area contributed by atoms with E-state index in [1.54, 1.807) is 48.5 Å². The molecule has 6 nitrogen and oxygen atoms in total. The van der Waals surface area contributed by atoms with Gasteiger partial charge in [0.25, 0.3) is 10.0 Å². The third-order valence-electron chi connectivity index (χ3n) is 5.86. The van der Waals surface area contributed by atoms with E-state index < -0.39 is 10.0 Å². The van der Waals surface area contributed by atoms with Gasteiger partial charge in [0.1, 0.15) is 12.3 Å². The lowest BCUT2D eigenvalue weighted by Gasteiger charge is -2.25. The highest BCUT2D eigenvalue weighted by Crippen LogP contribution is 2.26. The molecule has 0 aliphatic carbocycles. The molecule has 0 bridgehead atoms. The predicted octanol–water partition coefficient (Wildman–Crippen LogP) is 4.97. The molecule has 0 saturated heterocycles. The van der Waals surface area contributed by atoms with E-state index in [0.717, 1.165) is 22.7 Å². The summed E-state index contributed by atoms with van der Waals surface area (Å²) in [5.41, 5.74) is 2.57. The summed E-state index contributed by atoms with van der Waals surface area (Å²) in [5.74, 6) is 0.551. The van der Waals surface area contributed by atoms with Gasteiger partial charge >= 0.3 is 0 Å². The molecule has 3 aromatic carbocycles. The molecule has 7 heteroatoms. The second-order valence-electron chi connectivity index (χ2n) is 8.52. The summed E-state index contributed by atoms with van der Waals surface area (Å²) < 4.78 is 33.7. The molecule has 1 atom stereocenters. The van der Waals surface area contributed by atoms with Crippen LogP contribution in [-0.4, -0.2) is 34.0 Å². The zero-order valence-electron chi connectivity index (χ0n) is 20.6. The van der Waals surface area contributed by atoms with Crippen molar-refractivity contribution in [1.82, 2.24) is 5.32 Å². The number of anilines is 1. The van der Waals surface area contributed by atoms with Gasteiger partial charge in [0.05, 0.1) is 17.2 Å². The Morgan fingerprint density at radius 1 is 0.943 bits per heavy atom. The Morgan fingerprint density at radius 3 is 2.20 bits per heavy atom. The van der Waals surface area contributed by atoms with Crippen molar-refractivity contribution in [2.75, 3.05) is 24.0 Å². The number of benzene rings is 3. The lowest BCUT2D eigenvalue weighted by atomic mass is 9.97. The number of carbonyl (C=O) groups is 1. The number of nitrogens with zero attached hydrogens (tertiary/aromatic N) is 1. The van der Waals surface area contributed by atoms with Gasteiger partial charge in [-0.2, -0.15) is 0 Å². The molecule has 3 aromatic rings. The van der Waals surface area contributed by atoms with E-state index in [1.165, 1.54) is 5.56 Å². The summed E-state index contributed by atoms with van der Waals surface area (Å²) in [7, 11) is -3.95. The molecule has 186 valence electrons. The van der Waals surface area contributed by atoms with E-state index >= 15 is 0 Å². The summed E-state index contributed by atoms with van der Waals surface area (Å²) in [6, 6.07) is 23.5. The number of ether oxygens (including phenoxy) is 1. The van der Waals surface area contributed by atoms with Gasteiger partial charge in [0, 0.05) is 6.54 Å². The zero-order valence-corrected chi connectivity index (χ0v) is 21.4. The van der Waals surface area contributed by atoms with Crippen LogP contribution in [0.5, 0.6) is 5.75 Å². The molecule has 1 N–H and O–H groups in total. The summed E-state index contributed by atoms with van der Waals surface area (Å²) in [6.07, 6.45) is 1.75. The van der Waals surface area contributed by atoms with Crippen molar-refractivity contribution < 1.29 is 17.9 Å². The molecular weight excluding hydrogens is 460 g/mol. The lowest BCUT2D eigenvalue weighted by molar-refractivity contribution is -0.119. The zero-order chi connectivity index (χ0) is 25.3. The Kier molecular flexibility index (Phi) is 9.32. The van der Waals surface area contributed by atoms with Crippen LogP contribution in [0.25, 0.3) is 0 Å². The van der Waals surface area contributed by atoms with Gasteiger partial charge in [-0.05, 0) is 68.1 Å². The van der Waals surface area contributed by atoms with Crippen molar-refractivity contribution in [2.24, 2.45) is 5.92 Å². The van der Waals surface area contributed by atoms with Crippen molar-refractivity contribution in [3.63, 3.8) is 0 Å². The molecule has 0 aromatic heterocycles. The first-order valence-electron chi connectivity index (χ1n) is 12.0. The topological polar surface area (TPSA) is 75.7 Å². The predicted molar refractivity (Wildman–Crippen MR) is 140 cm³/mol. The highest BCUT2D eigenvalue weighted by molar-refractivity contribution is 7.92. The summed E-state index contributed by atoms with van der Waals surface area (Å²) >= 11 is 0. The van der Waals surface area contributed by atoms with Crippen LogP contribution >= 0.6 is 0 Å². The van der Waals surface area contributed by atoms with Gasteiger partial charge < -0.3 is 10.1 Å². The molecule has 0 aliphatic rings. The number of hydrogen-bond acceptors (Lipinski definition) is 4. The molecule has 3 rings (SSSR count). The normalized spacial score (nSPS) is 12.1. The Hall–Kier alpha value is -3.32. The largest absolute Gasteiger partial charge is 0.494 e. The Bertz CT molecular complexity index is 1180. The van der Waals surface area contributed by atoms with E-state index in [1.807, 2.05) is 32.0 Å². The highest BCUT2D eigenvalue weighted by Gasteiger charge is 2.27. The number of rotatable bonds is 12. The van der Waals surface area contributed by atoms with Crippen LogP contribution in [0.3, 0.4) is 0 Å². The minimum atomic E-state index is -3.95. The van der Waals surface area contributed by atoms with E-state index in [4.69, 9.17) is 4.74 Å². The van der Waals surface area contributed by atoms with Gasteiger partial charge in [-0.3, -0.25) is 9.10 Å². The van der Waals surface area contributed by atoms with Gasteiger partial charge in [-0.15, -0.1) is 0 Å². The first kappa shape index (κ1) is 26.3. The van der Waals surface area contributed by atoms with Crippen molar-refractivity contribution in [2.45, 2.75) is 38.5 Å². The number of hydrogen-bond donors (Lipinski definition) is 1. The fourth-order valence-electron chi connectivity index (χ4n) is 3.78. The molecular formula is C28H34N2O4S. The SMILES string of the molecule is CCOc1ccc(N(CC(=O)NCC(CC)Cc2ccccc2)S(=O)(=O)c2ccc(C)cc2)cc1. The molecule has 0 saturated carbocycles. The van der Waals surface area contributed by atoms with Crippen LogP contribution in [0.1, 0.15) is 31.4 Å². The first-order valence-corrected chi connectivity index (χ1v) is 13.4. The lowest BCUT2D eigenvalue weighted by Crippen LogP contribution is -2.42. The Labute approximate surface area is 209 Å². The van der Waals surface area contributed by atoms with E-state index in [2.05, 4.69) is 24.4 Å². The Morgan fingerprint density at radius 2 is 1.60 bits per heavy atom. The second-order valence-corrected chi connectivity index (χ2v) is 10.4. The minimum Gasteiger partial charge on any atom is -0.494 e. The monoisotopic (exact) mass is 494 g/mol. The summed E-state index contributed by atoms with van der Waals surface area (Å²) in [4.78, 5) is 13.1. The molecule has 0 spiro atoms. The van der Waals surface area contributed by atoms with E-state index in [-0.39, 0.29) is 23.3 Å². The van der Waals surface area contributed by atoms with E-state index in [0.29, 0.717) is 24.6 Å². The molecule has 0 fully saturated rings. The molecule has 1 unspecified atom stereocenters. The average molecular weight is 495 g/mol. The quantitative estimate of drug-likeness (QED) is 0.386. The van der Waals surface area contributed by atoms with Gasteiger partial charge in [0.15, 0.2) is 0 Å². The van der Waals surface area contributed by atoms with Crippen LogP contribution in [0.2, 0.25) is 0 Å². The number of sulfonamides is 1. The van der Waals surface area contributed by atoms with Crippen LogP contribution in [0, 0.1) is 12.8 Å². The highest BCUT2D eigenvalue weighted by atomic mass is 32.2. The third-order valence-corrected chi connectivity index (χ3v) is 7.65. The summed E-state index contributed by atoms with van der Waals surface area (Å²) in [6.45, 7) is 6.54. The smallest absolute Gasteiger partial charge is 0.264 e. The van der Waals surface area contributed by atoms with Crippen molar-refractivity contribution in [3.05, 3.63) is 90.0 Å². The fourth-order valence-corrected chi connectivity index (χ4v) is 5.20. The molecule has 35 heavy (non-hydrogen) atoms. The second kappa shape index (κ2) is 12.4. The van der Waals surface area contributed by atoms with Crippen molar-refractivity contribution in [3.8, 4) is 5.75 Å². The van der Waals surface area contributed by atoms with Crippen molar-refractivity contribution in [1.29, 1.82) is 0 Å². The first-order chi connectivity index (χ1) is 16.8. The van der Waals surface area contributed by atoms with Crippen LogP contribution < -0.4 is 14.4 Å². The maximum Gasteiger partial charge on any atom is 0.264 e. The standard InChI is InChI=1S/C28H34N2O4S/c1-4-23(19-24-9-7-6-8-10-24)20-29-28(31)21-30(25-13-15-26(16-14-25)34-5-2)35(32,33)27-17-11-22(3)12-18-27/h6-18,23H,4-5,19-21H2,1-3H3,(H,29,31). The molecule has 0 radical (unpaired) electrons. The molecule has 1 amide bonds. The van der Waals surface area contributed by atoms with Crippen LogP contribution in [0.4, 0.5) is 5.69 Å². The third kappa shape index (κ3) is 7.33. The molecule has 0 aliphatic heterocycles. The maximum atomic E-state index is 13.5. The Balaban J connectivity index is 1.78. The van der Waals surface area contributed by atoms with Crippen LogP contribution in [0.15, 0.2) is 83.8 Å². The van der Waals surface area contributed by atoms with Gasteiger partial charge in [0.2, 0.25) is 5.91 Å². The number of nitrogens with one attached hydrogen (secondary N) is 1. The fraction of sp³-hybridized carbons (Fsp3) is 0.321. The molecule has 0 heterocycles. The van der Waals surface area contributed by atoms with Gasteiger partial charge in [-0.1, -0.05) is 61.4 Å². The minimum absolute atomic E-state index is 0.139. The van der Waals surface area contributed by atoms with Crippen molar-refractivity contribution >= 4 is 21.6 Å². The number of amides is 1. The summed E-state index contributed by atoms with van der Waals surface area (Å²) in [5, 5.41) is 2.95. The van der Waals surface area contributed by atoms with E-state index in [9.17, 15) is 13.2 Å². The average Bonchev–Trinajstić information content (AvgIpc) is 2.86. The van der Waals surface area contributed by atoms with Crippen LogP contribution in [-0.2, 0) is 21.2 Å². The maximum absolute atomic E-state index is 13.5. The number of aryl methyl sites for hydroxylation is 1. The van der Waals surface area contributed by atoms with Gasteiger partial charge in [-0.25, -0.2) is 8.42 Å². The number of carbonyl (C=O) groups excluding carboxylic acids is 1.